The largest absolute Gasteiger partial charge is 0.418 e. The van der Waals surface area contributed by atoms with Crippen molar-refractivity contribution < 1.29 is 18.3 Å². The highest BCUT2D eigenvalue weighted by molar-refractivity contribution is 5.68. The van der Waals surface area contributed by atoms with E-state index in [2.05, 4.69) is 20.4 Å². The molecule has 7 nitrogen and oxygen atoms in total. The summed E-state index contributed by atoms with van der Waals surface area (Å²) in [5.41, 5.74) is 1.54. The van der Waals surface area contributed by atoms with Crippen LogP contribution in [0.4, 0.5) is 24.7 Å². The van der Waals surface area contributed by atoms with Crippen LogP contribution in [-0.2, 0) is 12.6 Å². The highest BCUT2D eigenvalue weighted by Gasteiger charge is 2.34. The monoisotopic (exact) mass is 464 g/mol. The molecular weight excluding hydrogens is 445 g/mol. The molecule has 1 aromatic carbocycles. The molecule has 3 heterocycles. The minimum Gasteiger partial charge on any atom is -0.396 e. The number of anilines is 2. The van der Waals surface area contributed by atoms with Gasteiger partial charge in [-0.25, -0.2) is 9.67 Å². The van der Waals surface area contributed by atoms with Gasteiger partial charge in [-0.3, -0.25) is 4.98 Å². The maximum Gasteiger partial charge on any atom is 0.418 e. The van der Waals surface area contributed by atoms with Crippen molar-refractivity contribution in [2.75, 3.05) is 11.9 Å². The van der Waals surface area contributed by atoms with Crippen LogP contribution < -0.4 is 5.32 Å². The molecule has 10 heteroatoms. The van der Waals surface area contributed by atoms with Crippen molar-refractivity contribution in [2.24, 2.45) is 0 Å². The summed E-state index contributed by atoms with van der Waals surface area (Å²) in [5.74, 6) is 0.161. The molecule has 4 rings (SSSR count). The summed E-state index contributed by atoms with van der Waals surface area (Å²) in [6.07, 6.45) is -1.19. The van der Waals surface area contributed by atoms with Gasteiger partial charge in [0.1, 0.15) is 11.5 Å². The van der Waals surface area contributed by atoms with Crippen LogP contribution in [0.25, 0.3) is 17.1 Å². The van der Waals surface area contributed by atoms with Crippen molar-refractivity contribution in [1.29, 1.82) is 5.26 Å². The molecule has 3 aromatic heterocycles. The summed E-state index contributed by atoms with van der Waals surface area (Å²) in [7, 11) is 0. The van der Waals surface area contributed by atoms with Crippen molar-refractivity contribution in [3.05, 3.63) is 83.3 Å². The summed E-state index contributed by atoms with van der Waals surface area (Å²) < 4.78 is 42.6. The average Bonchev–Trinajstić information content (AvgIpc) is 3.31. The second-order valence-corrected chi connectivity index (χ2v) is 7.44. The van der Waals surface area contributed by atoms with Gasteiger partial charge in [0.05, 0.1) is 34.3 Å². The zero-order valence-corrected chi connectivity index (χ0v) is 18.0. The standard InChI is InChI=1S/C24H19F3N6O/c1-15-12-22(33-10-7-21(32-33)20-4-2-3-9-29-20)17(8-11-34)23(30-15)31-19-6-5-16(14-28)13-18(19)24(25,26)27/h2-7,9-10,12-13,34H,8,11H2,1H3,(H,30,31). The fraction of sp³-hybridized carbons (Fsp3) is 0.167. The zero-order valence-electron chi connectivity index (χ0n) is 18.0. The fourth-order valence-corrected chi connectivity index (χ4v) is 3.54. The lowest BCUT2D eigenvalue weighted by atomic mass is 10.1. The van der Waals surface area contributed by atoms with Gasteiger partial charge in [0, 0.05) is 36.7 Å². The molecule has 4 aromatic rings. The van der Waals surface area contributed by atoms with Gasteiger partial charge in [-0.1, -0.05) is 6.07 Å². The Labute approximate surface area is 193 Å². The molecule has 0 amide bonds. The molecule has 0 radical (unpaired) electrons. The van der Waals surface area contributed by atoms with Gasteiger partial charge in [0.15, 0.2) is 0 Å². The molecule has 0 aliphatic heterocycles. The van der Waals surface area contributed by atoms with Crippen LogP contribution in [0.3, 0.4) is 0 Å². The average molecular weight is 464 g/mol. The van der Waals surface area contributed by atoms with E-state index in [1.165, 1.54) is 12.1 Å². The van der Waals surface area contributed by atoms with Crippen LogP contribution in [0.1, 0.15) is 22.4 Å². The maximum absolute atomic E-state index is 13.7. The van der Waals surface area contributed by atoms with Gasteiger partial charge >= 0.3 is 6.18 Å². The molecule has 0 fully saturated rings. The highest BCUT2D eigenvalue weighted by atomic mass is 19.4. The fourth-order valence-electron chi connectivity index (χ4n) is 3.54. The van der Waals surface area contributed by atoms with Crippen LogP contribution in [0.2, 0.25) is 0 Å². The molecule has 0 saturated carbocycles. The maximum atomic E-state index is 13.7. The number of nitriles is 1. The van der Waals surface area contributed by atoms with E-state index in [4.69, 9.17) is 5.26 Å². The number of hydrogen-bond donors (Lipinski definition) is 2. The summed E-state index contributed by atoms with van der Waals surface area (Å²) in [5, 5.41) is 26.0. The lowest BCUT2D eigenvalue weighted by molar-refractivity contribution is -0.136. The van der Waals surface area contributed by atoms with Crippen molar-refractivity contribution in [3.8, 4) is 23.1 Å². The Morgan fingerprint density at radius 3 is 2.62 bits per heavy atom. The molecule has 0 spiro atoms. The SMILES string of the molecule is Cc1cc(-n2ccc(-c3ccccn3)n2)c(CCO)c(Nc2ccc(C#N)cc2C(F)(F)F)n1. The Kier molecular flexibility index (Phi) is 6.30. The van der Waals surface area contributed by atoms with Crippen LogP contribution in [0.15, 0.2) is 60.9 Å². The molecular formula is C24H19F3N6O. The number of nitrogens with one attached hydrogen (secondary N) is 1. The summed E-state index contributed by atoms with van der Waals surface area (Å²) in [4.78, 5) is 8.68. The Morgan fingerprint density at radius 2 is 1.94 bits per heavy atom. The van der Waals surface area contributed by atoms with Gasteiger partial charge in [0.2, 0.25) is 0 Å². The Bertz CT molecular complexity index is 1360. The van der Waals surface area contributed by atoms with E-state index >= 15 is 0 Å². The lowest BCUT2D eigenvalue weighted by Gasteiger charge is -2.19. The van der Waals surface area contributed by atoms with Gasteiger partial charge in [0.25, 0.3) is 0 Å². The molecule has 0 atom stereocenters. The molecule has 34 heavy (non-hydrogen) atoms. The number of nitrogens with zero attached hydrogens (tertiary/aromatic N) is 5. The third-order valence-electron chi connectivity index (χ3n) is 5.06. The van der Waals surface area contributed by atoms with Gasteiger partial charge < -0.3 is 10.4 Å². The second kappa shape index (κ2) is 9.33. The molecule has 0 aliphatic carbocycles. The first-order valence-electron chi connectivity index (χ1n) is 10.3. The van der Waals surface area contributed by atoms with Crippen molar-refractivity contribution in [3.63, 3.8) is 0 Å². The molecule has 0 unspecified atom stereocenters. The number of halogens is 3. The van der Waals surface area contributed by atoms with E-state index in [0.717, 1.165) is 6.07 Å². The number of pyridine rings is 2. The first-order valence-corrected chi connectivity index (χ1v) is 10.3. The quantitative estimate of drug-likeness (QED) is 0.425. The third kappa shape index (κ3) is 4.74. The first-order chi connectivity index (χ1) is 16.3. The third-order valence-corrected chi connectivity index (χ3v) is 5.06. The molecule has 0 aliphatic rings. The summed E-state index contributed by atoms with van der Waals surface area (Å²) >= 11 is 0. The topological polar surface area (TPSA) is 99.6 Å². The summed E-state index contributed by atoms with van der Waals surface area (Å²) in [6.45, 7) is 1.46. The number of aryl methyl sites for hydroxylation is 1. The number of aromatic nitrogens is 4. The van der Waals surface area contributed by atoms with Crippen LogP contribution >= 0.6 is 0 Å². The Balaban J connectivity index is 1.81. The summed E-state index contributed by atoms with van der Waals surface area (Å²) in [6, 6.07) is 14.0. The number of hydrogen-bond acceptors (Lipinski definition) is 6. The van der Waals surface area contributed by atoms with Gasteiger partial charge in [-0.05, 0) is 49.4 Å². The second-order valence-electron chi connectivity index (χ2n) is 7.44. The van der Waals surface area contributed by atoms with E-state index in [9.17, 15) is 18.3 Å². The van der Waals surface area contributed by atoms with Crippen molar-refractivity contribution >= 4 is 11.5 Å². The Hall–Kier alpha value is -4.23. The minimum absolute atomic E-state index is 0.107. The number of alkyl halides is 3. The van der Waals surface area contributed by atoms with Gasteiger partial charge in [-0.15, -0.1) is 0 Å². The van der Waals surface area contributed by atoms with Crippen molar-refractivity contribution in [1.82, 2.24) is 19.7 Å². The molecule has 172 valence electrons. The van der Waals surface area contributed by atoms with E-state index in [1.807, 2.05) is 12.1 Å². The zero-order chi connectivity index (χ0) is 24.3. The van der Waals surface area contributed by atoms with E-state index in [0.29, 0.717) is 28.3 Å². The Morgan fingerprint density at radius 1 is 1.12 bits per heavy atom. The van der Waals surface area contributed by atoms with Crippen molar-refractivity contribution in [2.45, 2.75) is 19.5 Å². The van der Waals surface area contributed by atoms with E-state index in [1.54, 1.807) is 48.3 Å². The van der Waals surface area contributed by atoms with E-state index < -0.39 is 11.7 Å². The highest BCUT2D eigenvalue weighted by Crippen LogP contribution is 2.37. The number of rotatable bonds is 6. The first kappa shape index (κ1) is 22.9. The molecule has 0 bridgehead atoms. The predicted molar refractivity (Wildman–Crippen MR) is 120 cm³/mol. The number of aliphatic hydroxyl groups is 1. The smallest absolute Gasteiger partial charge is 0.396 e. The predicted octanol–water partition coefficient (Wildman–Crippen LogP) is 4.81. The van der Waals surface area contributed by atoms with Crippen LogP contribution in [0, 0.1) is 18.3 Å². The van der Waals surface area contributed by atoms with Gasteiger partial charge in [-0.2, -0.15) is 23.5 Å². The number of benzene rings is 1. The number of aliphatic hydroxyl groups excluding tert-OH is 1. The normalized spacial score (nSPS) is 11.3. The van der Waals surface area contributed by atoms with E-state index in [-0.39, 0.29) is 30.1 Å². The molecule has 2 N–H and O–H groups in total. The molecule has 0 saturated heterocycles. The minimum atomic E-state index is -4.68. The van der Waals surface area contributed by atoms with Crippen LogP contribution in [-0.4, -0.2) is 31.5 Å². The lowest BCUT2D eigenvalue weighted by Crippen LogP contribution is -2.13. The van der Waals surface area contributed by atoms with Crippen LogP contribution in [0.5, 0.6) is 0 Å².